The first-order chi connectivity index (χ1) is 14.1. The Balaban J connectivity index is 1.44. The zero-order valence-electron chi connectivity index (χ0n) is 16.2. The van der Waals surface area contributed by atoms with Gasteiger partial charge in [-0.05, 0) is 24.8 Å². The van der Waals surface area contributed by atoms with Crippen LogP contribution in [0.4, 0.5) is 0 Å². The number of fused-ring (bicyclic) bond motifs is 1. The van der Waals surface area contributed by atoms with Crippen LogP contribution in [0.25, 0.3) is 0 Å². The van der Waals surface area contributed by atoms with E-state index in [4.69, 9.17) is 0 Å². The van der Waals surface area contributed by atoms with Crippen LogP contribution in [0.15, 0.2) is 42.5 Å². The number of benzene rings is 1. The van der Waals surface area contributed by atoms with Gasteiger partial charge in [0.15, 0.2) is 0 Å². The molecule has 1 aliphatic carbocycles. The van der Waals surface area contributed by atoms with Crippen LogP contribution in [0, 0.1) is 29.1 Å². The van der Waals surface area contributed by atoms with Gasteiger partial charge in [-0.1, -0.05) is 42.5 Å². The molecule has 1 N–H and O–H groups in total. The summed E-state index contributed by atoms with van der Waals surface area (Å²) < 4.78 is 0. The van der Waals surface area contributed by atoms with E-state index < -0.39 is 17.9 Å². The first kappa shape index (κ1) is 19.2. The number of hydrogen-bond acceptors (Lipinski definition) is 4. The second-order valence-corrected chi connectivity index (χ2v) is 7.92. The van der Waals surface area contributed by atoms with Crippen molar-refractivity contribution in [1.29, 1.82) is 5.26 Å². The molecule has 7 heteroatoms. The highest BCUT2D eigenvalue weighted by atomic mass is 16.2. The molecule has 2 fully saturated rings. The van der Waals surface area contributed by atoms with E-state index in [2.05, 4.69) is 11.5 Å². The molecule has 4 rings (SSSR count). The predicted octanol–water partition coefficient (Wildman–Crippen LogP) is 1.43. The molecule has 0 radical (unpaired) electrons. The van der Waals surface area contributed by atoms with Gasteiger partial charge in [0.2, 0.25) is 17.7 Å². The lowest BCUT2D eigenvalue weighted by Gasteiger charge is -2.31. The molecule has 1 aromatic carbocycles. The van der Waals surface area contributed by atoms with Gasteiger partial charge in [0.05, 0.1) is 24.3 Å². The van der Waals surface area contributed by atoms with E-state index in [1.54, 1.807) is 4.90 Å². The first-order valence-corrected chi connectivity index (χ1v) is 10.1. The van der Waals surface area contributed by atoms with Crippen molar-refractivity contribution >= 4 is 17.7 Å². The summed E-state index contributed by atoms with van der Waals surface area (Å²) >= 11 is 0. The van der Waals surface area contributed by atoms with Gasteiger partial charge >= 0.3 is 0 Å². The van der Waals surface area contributed by atoms with E-state index in [0.717, 1.165) is 12.0 Å². The lowest BCUT2D eigenvalue weighted by atomic mass is 9.76. The van der Waals surface area contributed by atoms with E-state index in [-0.39, 0.29) is 30.1 Å². The summed E-state index contributed by atoms with van der Waals surface area (Å²) in [7, 11) is 0. The molecule has 2 aliphatic heterocycles. The topological polar surface area (TPSA) is 93.5 Å². The van der Waals surface area contributed by atoms with Crippen LogP contribution in [-0.2, 0) is 20.8 Å². The average molecular weight is 392 g/mol. The molecule has 0 spiro atoms. The van der Waals surface area contributed by atoms with E-state index in [9.17, 15) is 19.6 Å². The number of nitriles is 1. The van der Waals surface area contributed by atoms with E-state index >= 15 is 0 Å². The third-order valence-corrected chi connectivity index (χ3v) is 6.08. The highest BCUT2D eigenvalue weighted by molar-refractivity contribution is 5.92. The number of allylic oxidation sites excluding steroid dienone is 1. The van der Waals surface area contributed by atoms with Gasteiger partial charge < -0.3 is 4.90 Å². The molecular weight excluding hydrogens is 368 g/mol. The Morgan fingerprint density at radius 2 is 2.03 bits per heavy atom. The van der Waals surface area contributed by atoms with Gasteiger partial charge in [0, 0.05) is 19.0 Å². The highest BCUT2D eigenvalue weighted by Gasteiger charge is 2.49. The summed E-state index contributed by atoms with van der Waals surface area (Å²) in [5, 5.41) is 10.7. The third-order valence-electron chi connectivity index (χ3n) is 6.08. The lowest BCUT2D eigenvalue weighted by Crippen LogP contribution is -2.47. The zero-order valence-corrected chi connectivity index (χ0v) is 16.2. The van der Waals surface area contributed by atoms with Crippen LogP contribution in [0.2, 0.25) is 0 Å². The second-order valence-electron chi connectivity index (χ2n) is 7.92. The number of amides is 3. The fourth-order valence-corrected chi connectivity index (χ4v) is 4.68. The minimum Gasteiger partial charge on any atom is -0.326 e. The van der Waals surface area contributed by atoms with Crippen LogP contribution in [0.5, 0.6) is 0 Å². The average Bonchev–Trinajstić information content (AvgIpc) is 3.33. The molecule has 0 saturated carbocycles. The highest BCUT2D eigenvalue weighted by Crippen LogP contribution is 2.38. The standard InChI is InChI=1S/C22H24N4O3/c23-13-17-9-5-11-25(17)21(28)18-10-4-8-16-14-26(22(29)20(16)18)24-19(27)12-15-6-2-1-3-7-15/h1-4,6-8,16-18,20H,5,9-12,14H2,(H,24,27)/t16-,17+,18+,20-/m1/s1. The molecule has 3 aliphatic rings. The van der Waals surface area contributed by atoms with Crippen LogP contribution in [0.1, 0.15) is 24.8 Å². The normalized spacial score (nSPS) is 28.2. The monoisotopic (exact) mass is 392 g/mol. The molecule has 0 aromatic heterocycles. The number of nitrogens with zero attached hydrogens (tertiary/aromatic N) is 3. The molecular formula is C22H24N4O3. The summed E-state index contributed by atoms with van der Waals surface area (Å²) in [5.41, 5.74) is 3.59. The number of nitrogens with one attached hydrogen (secondary N) is 1. The molecule has 150 valence electrons. The van der Waals surface area contributed by atoms with Crippen molar-refractivity contribution in [1.82, 2.24) is 15.3 Å². The largest absolute Gasteiger partial charge is 0.326 e. The summed E-state index contributed by atoms with van der Waals surface area (Å²) in [6, 6.07) is 11.2. The molecule has 0 bridgehead atoms. The maximum Gasteiger partial charge on any atom is 0.245 e. The maximum absolute atomic E-state index is 13.1. The van der Waals surface area contributed by atoms with Crippen molar-refractivity contribution in [3.8, 4) is 6.07 Å². The summed E-state index contributed by atoms with van der Waals surface area (Å²) in [4.78, 5) is 40.2. The van der Waals surface area contributed by atoms with Crippen LogP contribution >= 0.6 is 0 Å². The van der Waals surface area contributed by atoms with Crippen molar-refractivity contribution < 1.29 is 14.4 Å². The summed E-state index contributed by atoms with van der Waals surface area (Å²) in [5.74, 6) is -1.64. The Labute approximate surface area is 169 Å². The predicted molar refractivity (Wildman–Crippen MR) is 105 cm³/mol. The number of likely N-dealkylation sites (tertiary alicyclic amines) is 1. The summed E-state index contributed by atoms with van der Waals surface area (Å²) in [6.45, 7) is 0.937. The van der Waals surface area contributed by atoms with Crippen LogP contribution < -0.4 is 5.43 Å². The Kier molecular flexibility index (Phi) is 5.34. The maximum atomic E-state index is 13.1. The van der Waals surface area contributed by atoms with Crippen molar-refractivity contribution in [3.05, 3.63) is 48.0 Å². The molecule has 7 nitrogen and oxygen atoms in total. The van der Waals surface area contributed by atoms with E-state index in [0.29, 0.717) is 25.9 Å². The van der Waals surface area contributed by atoms with Gasteiger partial charge in [-0.25, -0.2) is 0 Å². The van der Waals surface area contributed by atoms with E-state index in [1.165, 1.54) is 5.01 Å². The molecule has 3 amide bonds. The smallest absolute Gasteiger partial charge is 0.245 e. The molecule has 29 heavy (non-hydrogen) atoms. The van der Waals surface area contributed by atoms with Crippen LogP contribution in [-0.4, -0.2) is 46.8 Å². The van der Waals surface area contributed by atoms with Gasteiger partial charge in [-0.2, -0.15) is 5.26 Å². The SMILES string of the molecule is N#C[C@@H]1CCCN1C(=O)[C@H]1CC=C[C@@H]2CN(NC(=O)Cc3ccccc3)C(=O)[C@H]21. The minimum absolute atomic E-state index is 0.106. The first-order valence-electron chi connectivity index (χ1n) is 10.1. The fraction of sp³-hybridized carbons (Fsp3) is 0.455. The second kappa shape index (κ2) is 8.08. The molecule has 1 aromatic rings. The Morgan fingerprint density at radius 3 is 2.79 bits per heavy atom. The molecule has 2 heterocycles. The zero-order chi connectivity index (χ0) is 20.4. The van der Waals surface area contributed by atoms with Crippen molar-refractivity contribution in [2.24, 2.45) is 17.8 Å². The third kappa shape index (κ3) is 3.75. The van der Waals surface area contributed by atoms with Crippen molar-refractivity contribution in [2.45, 2.75) is 31.7 Å². The number of carbonyl (C=O) groups is 3. The Bertz CT molecular complexity index is 876. The lowest BCUT2D eigenvalue weighted by molar-refractivity contribution is -0.146. The Morgan fingerprint density at radius 1 is 1.24 bits per heavy atom. The quantitative estimate of drug-likeness (QED) is 0.785. The fourth-order valence-electron chi connectivity index (χ4n) is 4.68. The number of hydrogen-bond donors (Lipinski definition) is 1. The molecule has 4 atom stereocenters. The van der Waals surface area contributed by atoms with Gasteiger partial charge in [0.25, 0.3) is 0 Å². The van der Waals surface area contributed by atoms with Crippen molar-refractivity contribution in [3.63, 3.8) is 0 Å². The van der Waals surface area contributed by atoms with Gasteiger partial charge in [-0.3, -0.25) is 24.8 Å². The van der Waals surface area contributed by atoms with Crippen molar-refractivity contribution in [2.75, 3.05) is 13.1 Å². The number of rotatable bonds is 4. The summed E-state index contributed by atoms with van der Waals surface area (Å²) in [6.07, 6.45) is 6.11. The van der Waals surface area contributed by atoms with E-state index in [1.807, 2.05) is 42.5 Å². The van der Waals surface area contributed by atoms with Gasteiger partial charge in [0.1, 0.15) is 6.04 Å². The molecule has 2 saturated heterocycles. The minimum atomic E-state index is -0.482. The number of carbonyl (C=O) groups excluding carboxylic acids is 3. The van der Waals surface area contributed by atoms with Gasteiger partial charge in [-0.15, -0.1) is 0 Å². The number of hydrazine groups is 1. The Hall–Kier alpha value is -3.14. The van der Waals surface area contributed by atoms with Crippen LogP contribution in [0.3, 0.4) is 0 Å². The molecule has 0 unspecified atom stereocenters.